The third-order valence-electron chi connectivity index (χ3n) is 3.46. The second-order valence-electron chi connectivity index (χ2n) is 5.27. The van der Waals surface area contributed by atoms with Crippen LogP contribution in [0.5, 0.6) is 0 Å². The van der Waals surface area contributed by atoms with E-state index >= 15 is 0 Å². The maximum absolute atomic E-state index is 11.4. The summed E-state index contributed by atoms with van der Waals surface area (Å²) in [6.07, 6.45) is 6.41. The van der Waals surface area contributed by atoms with Crippen molar-refractivity contribution < 1.29 is 14.3 Å². The molecule has 3 nitrogen and oxygen atoms in total. The second-order valence-corrected chi connectivity index (χ2v) is 6.12. The van der Waals surface area contributed by atoms with Crippen LogP contribution in [-0.4, -0.2) is 19.2 Å². The number of hydrogen-bond acceptors (Lipinski definition) is 3. The molecule has 1 rings (SSSR count). The van der Waals surface area contributed by atoms with E-state index in [0.717, 1.165) is 16.5 Å². The van der Waals surface area contributed by atoms with E-state index in [1.54, 1.807) is 12.1 Å². The molecule has 1 aromatic carbocycles. The number of hydrogen-bond donors (Lipinski definition) is 0. The van der Waals surface area contributed by atoms with Gasteiger partial charge in [0.25, 0.3) is 0 Å². The fourth-order valence-electron chi connectivity index (χ4n) is 2.08. The molecule has 21 heavy (non-hydrogen) atoms. The third-order valence-corrected chi connectivity index (χ3v) is 4.20. The first-order valence-electron chi connectivity index (χ1n) is 7.56. The first-order chi connectivity index (χ1) is 10.1. The van der Waals surface area contributed by atoms with Gasteiger partial charge >= 0.3 is 5.97 Å². The smallest absolute Gasteiger partial charge is 0.337 e. The Labute approximate surface area is 136 Å². The number of methoxy groups -OCH3 is 1. The van der Waals surface area contributed by atoms with Crippen molar-refractivity contribution in [2.75, 3.05) is 7.11 Å². The minimum absolute atomic E-state index is 0.258. The number of carbonyl (C=O) groups is 1. The Kier molecular flexibility index (Phi) is 8.62. The standard InChI is InChI=1S/C17H25BrO3/c1-4-5-6-7-8-13(2)21-12-15-10-9-14(11-16(15)18)17(19)20-3/h9-11,13H,4-8,12H2,1-3H3. The van der Waals surface area contributed by atoms with Crippen LogP contribution in [0.25, 0.3) is 0 Å². The Balaban J connectivity index is 2.43. The molecular formula is C17H25BrO3. The zero-order valence-corrected chi connectivity index (χ0v) is 14.7. The molecule has 1 aromatic rings. The highest BCUT2D eigenvalue weighted by Crippen LogP contribution is 2.21. The van der Waals surface area contributed by atoms with Crippen LogP contribution >= 0.6 is 15.9 Å². The summed E-state index contributed by atoms with van der Waals surface area (Å²) in [6.45, 7) is 4.88. The molecule has 0 aromatic heterocycles. The predicted molar refractivity (Wildman–Crippen MR) is 88.5 cm³/mol. The number of rotatable bonds is 9. The maximum atomic E-state index is 11.4. The van der Waals surface area contributed by atoms with Gasteiger partial charge in [-0.2, -0.15) is 0 Å². The fourth-order valence-corrected chi connectivity index (χ4v) is 2.58. The SMILES string of the molecule is CCCCCCC(C)OCc1ccc(C(=O)OC)cc1Br. The average Bonchev–Trinajstić information content (AvgIpc) is 2.49. The minimum Gasteiger partial charge on any atom is -0.465 e. The lowest BCUT2D eigenvalue weighted by Crippen LogP contribution is -2.09. The fraction of sp³-hybridized carbons (Fsp3) is 0.588. The molecule has 4 heteroatoms. The van der Waals surface area contributed by atoms with Crippen molar-refractivity contribution in [2.45, 2.75) is 58.7 Å². The van der Waals surface area contributed by atoms with E-state index in [1.165, 1.54) is 32.8 Å². The Morgan fingerprint density at radius 3 is 2.67 bits per heavy atom. The molecule has 0 aliphatic carbocycles. The van der Waals surface area contributed by atoms with E-state index in [4.69, 9.17) is 9.47 Å². The summed E-state index contributed by atoms with van der Waals surface area (Å²) < 4.78 is 11.5. The van der Waals surface area contributed by atoms with Crippen LogP contribution in [0.1, 0.15) is 61.9 Å². The van der Waals surface area contributed by atoms with E-state index in [2.05, 4.69) is 29.8 Å². The molecule has 1 unspecified atom stereocenters. The van der Waals surface area contributed by atoms with Crippen molar-refractivity contribution >= 4 is 21.9 Å². The van der Waals surface area contributed by atoms with Crippen LogP contribution in [0.2, 0.25) is 0 Å². The topological polar surface area (TPSA) is 35.5 Å². The van der Waals surface area contributed by atoms with Crippen molar-refractivity contribution in [1.29, 1.82) is 0 Å². The van der Waals surface area contributed by atoms with Crippen LogP contribution in [-0.2, 0) is 16.1 Å². The maximum Gasteiger partial charge on any atom is 0.337 e. The van der Waals surface area contributed by atoms with Crippen LogP contribution < -0.4 is 0 Å². The molecule has 0 bridgehead atoms. The molecule has 118 valence electrons. The van der Waals surface area contributed by atoms with Gasteiger partial charge < -0.3 is 9.47 Å². The summed E-state index contributed by atoms with van der Waals surface area (Å²) in [5, 5.41) is 0. The monoisotopic (exact) mass is 356 g/mol. The highest BCUT2D eigenvalue weighted by atomic mass is 79.9. The van der Waals surface area contributed by atoms with Gasteiger partial charge in [-0.15, -0.1) is 0 Å². The van der Waals surface area contributed by atoms with Crippen molar-refractivity contribution in [1.82, 2.24) is 0 Å². The number of esters is 1. The van der Waals surface area contributed by atoms with Crippen LogP contribution in [0.3, 0.4) is 0 Å². The zero-order chi connectivity index (χ0) is 15.7. The van der Waals surface area contributed by atoms with Crippen molar-refractivity contribution in [3.8, 4) is 0 Å². The van der Waals surface area contributed by atoms with E-state index in [-0.39, 0.29) is 12.1 Å². The molecule has 0 radical (unpaired) electrons. The Morgan fingerprint density at radius 2 is 2.05 bits per heavy atom. The molecule has 0 heterocycles. The zero-order valence-electron chi connectivity index (χ0n) is 13.2. The van der Waals surface area contributed by atoms with Crippen LogP contribution in [0, 0.1) is 0 Å². The quantitative estimate of drug-likeness (QED) is 0.455. The minimum atomic E-state index is -0.326. The molecule has 0 saturated carbocycles. The lowest BCUT2D eigenvalue weighted by Gasteiger charge is -2.14. The average molecular weight is 357 g/mol. The Hall–Kier alpha value is -0.870. The highest BCUT2D eigenvalue weighted by molar-refractivity contribution is 9.10. The second kappa shape index (κ2) is 9.96. The molecular weight excluding hydrogens is 332 g/mol. The van der Waals surface area contributed by atoms with Crippen molar-refractivity contribution in [2.24, 2.45) is 0 Å². The molecule has 0 spiro atoms. The summed E-state index contributed by atoms with van der Waals surface area (Å²) in [7, 11) is 1.38. The van der Waals surface area contributed by atoms with Gasteiger partial charge in [0.1, 0.15) is 0 Å². The van der Waals surface area contributed by atoms with Gasteiger partial charge in [-0.05, 0) is 31.0 Å². The normalized spacial score (nSPS) is 12.2. The number of benzene rings is 1. The largest absolute Gasteiger partial charge is 0.465 e. The Bertz CT molecular complexity index is 446. The van der Waals surface area contributed by atoms with E-state index in [9.17, 15) is 4.79 Å². The van der Waals surface area contributed by atoms with Crippen LogP contribution in [0.4, 0.5) is 0 Å². The van der Waals surface area contributed by atoms with Gasteiger partial charge in [-0.3, -0.25) is 0 Å². The predicted octanol–water partition coefficient (Wildman–Crippen LogP) is 5.11. The van der Waals surface area contributed by atoms with Gasteiger partial charge in [0.2, 0.25) is 0 Å². The van der Waals surface area contributed by atoms with E-state index in [1.807, 2.05) is 6.07 Å². The summed E-state index contributed by atoms with van der Waals surface area (Å²) >= 11 is 3.48. The molecule has 0 aliphatic rings. The molecule has 1 atom stereocenters. The summed E-state index contributed by atoms with van der Waals surface area (Å²) in [5.74, 6) is -0.326. The van der Waals surface area contributed by atoms with Gasteiger partial charge in [0.05, 0.1) is 25.4 Å². The van der Waals surface area contributed by atoms with Gasteiger partial charge in [-0.1, -0.05) is 54.6 Å². The highest BCUT2D eigenvalue weighted by Gasteiger charge is 2.09. The Morgan fingerprint density at radius 1 is 1.29 bits per heavy atom. The van der Waals surface area contributed by atoms with Crippen LogP contribution in [0.15, 0.2) is 22.7 Å². The number of unbranched alkanes of at least 4 members (excludes halogenated alkanes) is 3. The van der Waals surface area contributed by atoms with Crippen molar-refractivity contribution in [3.63, 3.8) is 0 Å². The lowest BCUT2D eigenvalue weighted by atomic mass is 10.1. The summed E-state index contributed by atoms with van der Waals surface area (Å²) in [4.78, 5) is 11.4. The molecule has 0 amide bonds. The molecule has 0 aliphatic heterocycles. The lowest BCUT2D eigenvalue weighted by molar-refractivity contribution is 0.0455. The number of halogens is 1. The first-order valence-corrected chi connectivity index (χ1v) is 8.36. The van der Waals surface area contributed by atoms with Gasteiger partial charge in [0, 0.05) is 4.47 Å². The molecule has 0 saturated heterocycles. The number of carbonyl (C=O) groups excluding carboxylic acids is 1. The van der Waals surface area contributed by atoms with Gasteiger partial charge in [-0.25, -0.2) is 4.79 Å². The first kappa shape index (κ1) is 18.2. The van der Waals surface area contributed by atoms with Crippen molar-refractivity contribution in [3.05, 3.63) is 33.8 Å². The van der Waals surface area contributed by atoms with E-state index in [0.29, 0.717) is 12.2 Å². The molecule has 0 N–H and O–H groups in total. The third kappa shape index (κ3) is 6.62. The summed E-state index contributed by atoms with van der Waals surface area (Å²) in [6, 6.07) is 5.44. The number of ether oxygens (including phenoxy) is 2. The van der Waals surface area contributed by atoms with Gasteiger partial charge in [0.15, 0.2) is 0 Å². The molecule has 0 fully saturated rings. The summed E-state index contributed by atoms with van der Waals surface area (Å²) in [5.41, 5.74) is 1.59. The van der Waals surface area contributed by atoms with E-state index < -0.39 is 0 Å².